The molecule has 1 aromatic heterocycles. The van der Waals surface area contributed by atoms with Gasteiger partial charge in [-0.2, -0.15) is 0 Å². The van der Waals surface area contributed by atoms with Crippen LogP contribution in [-0.2, 0) is 0 Å². The molecule has 2 aromatic rings. The fraction of sp³-hybridized carbons (Fsp3) is 0.100. The maximum absolute atomic E-state index is 11.9. The molecule has 1 heterocycles. The third kappa shape index (κ3) is 2.74. The summed E-state index contributed by atoms with van der Waals surface area (Å²) in [5, 5.41) is 6.89. The summed E-state index contributed by atoms with van der Waals surface area (Å²) in [6.07, 6.45) is 1.88. The number of hydrogen-bond acceptors (Lipinski definition) is 5. The van der Waals surface area contributed by atoms with Crippen LogP contribution >= 0.6 is 32.5 Å². The van der Waals surface area contributed by atoms with Gasteiger partial charge in [0.05, 0.1) is 0 Å². The highest BCUT2D eigenvalue weighted by Gasteiger charge is 2.24. The Morgan fingerprint density at radius 1 is 1.47 bits per heavy atom. The molecule has 0 aliphatic carbocycles. The first-order chi connectivity index (χ1) is 8.22. The third-order valence-corrected chi connectivity index (χ3v) is 6.14. The van der Waals surface area contributed by atoms with Crippen LogP contribution in [0.4, 0.5) is 0 Å². The van der Waals surface area contributed by atoms with Gasteiger partial charge in [0.2, 0.25) is 0 Å². The molecule has 1 atom stereocenters. The van der Waals surface area contributed by atoms with Crippen LogP contribution in [0.15, 0.2) is 30.3 Å². The van der Waals surface area contributed by atoms with Crippen LogP contribution in [-0.4, -0.2) is 22.4 Å². The summed E-state index contributed by atoms with van der Waals surface area (Å²) in [6, 6.07) is 8.90. The van der Waals surface area contributed by atoms with E-state index in [4.69, 9.17) is 17.0 Å². The van der Waals surface area contributed by atoms with Gasteiger partial charge in [-0.3, -0.25) is 0 Å². The third-order valence-electron chi connectivity index (χ3n) is 1.89. The number of benzene rings is 1. The normalized spacial score (nSPS) is 11.2. The monoisotopic (exact) mass is 285 g/mol. The second-order valence-electron chi connectivity index (χ2n) is 2.95. The van der Waals surface area contributed by atoms with Crippen LogP contribution in [0, 0.1) is 3.95 Å². The summed E-state index contributed by atoms with van der Waals surface area (Å²) in [7, 11) is 0.972. The number of ether oxygens (including phenoxy) is 1. The molecule has 0 spiro atoms. The van der Waals surface area contributed by atoms with Crippen molar-refractivity contribution in [2.24, 2.45) is 0 Å². The molecule has 4 nitrogen and oxygen atoms in total. The topological polar surface area (TPSA) is 55.0 Å². The Bertz CT molecular complexity index is 577. The van der Waals surface area contributed by atoms with Gasteiger partial charge in [0.25, 0.3) is 12.2 Å². The number of aromatic nitrogens is 2. The van der Waals surface area contributed by atoms with Crippen molar-refractivity contribution in [3.05, 3.63) is 39.3 Å². The predicted octanol–water partition coefficient (Wildman–Crippen LogP) is 3.23. The summed E-state index contributed by atoms with van der Waals surface area (Å²) in [4.78, 5) is 11.9. The first-order valence-electron chi connectivity index (χ1n) is 4.66. The van der Waals surface area contributed by atoms with E-state index >= 15 is 0 Å². The Hall–Kier alpha value is -1.18. The summed E-state index contributed by atoms with van der Waals surface area (Å²) in [6.45, 7) is 0. The van der Waals surface area contributed by atoms with Crippen molar-refractivity contribution >= 4 is 38.5 Å². The van der Waals surface area contributed by atoms with E-state index in [9.17, 15) is 4.79 Å². The molecular formula is C10H9N2O2S3+. The molecule has 1 unspecified atom stereocenters. The highest BCUT2D eigenvalue weighted by Crippen LogP contribution is 2.34. The van der Waals surface area contributed by atoms with Gasteiger partial charge < -0.3 is 4.74 Å². The lowest BCUT2D eigenvalue weighted by molar-refractivity contribution is 0.0733. The summed E-state index contributed by atoms with van der Waals surface area (Å²) in [5.41, 5.74) is 0. The molecule has 7 heteroatoms. The number of carbonyl (C=O) groups excluding carboxylic acids is 1. The van der Waals surface area contributed by atoms with Gasteiger partial charge >= 0.3 is 14.9 Å². The predicted molar refractivity (Wildman–Crippen MR) is 72.2 cm³/mol. The second kappa shape index (κ2) is 5.44. The van der Waals surface area contributed by atoms with Crippen molar-refractivity contribution in [3.63, 3.8) is 0 Å². The van der Waals surface area contributed by atoms with E-state index in [1.54, 1.807) is 24.3 Å². The Balaban J connectivity index is 2.23. The van der Waals surface area contributed by atoms with Crippen molar-refractivity contribution in [3.8, 4) is 5.75 Å². The number of esters is 1. The van der Waals surface area contributed by atoms with Crippen LogP contribution < -0.4 is 4.74 Å². The van der Waals surface area contributed by atoms with Crippen molar-refractivity contribution in [1.29, 1.82) is 0 Å². The van der Waals surface area contributed by atoms with E-state index in [-0.39, 0.29) is 0 Å². The van der Waals surface area contributed by atoms with Crippen LogP contribution in [0.1, 0.15) is 9.80 Å². The molecule has 17 heavy (non-hydrogen) atoms. The van der Waals surface area contributed by atoms with E-state index in [1.807, 2.05) is 12.3 Å². The number of aromatic amines is 1. The minimum absolute atomic E-state index is 0.339. The molecule has 0 aliphatic rings. The van der Waals surface area contributed by atoms with Crippen LogP contribution in [0.2, 0.25) is 0 Å². The van der Waals surface area contributed by atoms with Crippen LogP contribution in [0.25, 0.3) is 0 Å². The number of carbonyl (C=O) groups is 1. The largest absolute Gasteiger partial charge is 0.420 e. The van der Waals surface area contributed by atoms with Gasteiger partial charge in [-0.05, 0) is 12.1 Å². The van der Waals surface area contributed by atoms with E-state index < -0.39 is 15.5 Å². The number of nitrogens with one attached hydrogen (secondary N) is 1. The van der Waals surface area contributed by atoms with Crippen molar-refractivity contribution in [2.45, 2.75) is 0 Å². The van der Waals surface area contributed by atoms with Crippen molar-refractivity contribution in [1.82, 2.24) is 10.2 Å². The van der Waals surface area contributed by atoms with Gasteiger partial charge in [0.1, 0.15) is 5.75 Å². The summed E-state index contributed by atoms with van der Waals surface area (Å²) < 4.78 is 5.77. The van der Waals surface area contributed by atoms with Crippen molar-refractivity contribution in [2.75, 3.05) is 6.26 Å². The van der Waals surface area contributed by atoms with E-state index in [0.29, 0.717) is 14.7 Å². The zero-order valence-corrected chi connectivity index (χ0v) is 11.3. The zero-order valence-electron chi connectivity index (χ0n) is 8.88. The summed E-state index contributed by atoms with van der Waals surface area (Å²) in [5.74, 6) is 0.0453. The molecule has 0 saturated carbocycles. The minimum Gasteiger partial charge on any atom is -0.420 e. The first kappa shape index (κ1) is 12.3. The minimum atomic E-state index is -0.508. The quantitative estimate of drug-likeness (QED) is 0.308. The number of hydrogen-bond donors (Lipinski definition) is 1. The number of H-pyrrole nitrogens is 1. The van der Waals surface area contributed by atoms with Gasteiger partial charge in [0.15, 0.2) is 0 Å². The van der Waals surface area contributed by atoms with E-state index in [0.717, 1.165) is 0 Å². The molecule has 0 amide bonds. The highest BCUT2D eigenvalue weighted by molar-refractivity contribution is 8.45. The SMILES string of the molecule is CS[s+]1c(C(=O)Oc2ccccc2)n[nH]c1=S. The lowest BCUT2D eigenvalue weighted by Crippen LogP contribution is -2.08. The molecular weight excluding hydrogens is 276 g/mol. The second-order valence-corrected chi connectivity index (χ2v) is 7.29. The Kier molecular flexibility index (Phi) is 3.93. The molecule has 0 bridgehead atoms. The van der Waals surface area contributed by atoms with Crippen LogP contribution in [0.5, 0.6) is 5.75 Å². The Morgan fingerprint density at radius 2 is 2.18 bits per heavy atom. The maximum atomic E-state index is 11.9. The molecule has 1 N–H and O–H groups in total. The zero-order chi connectivity index (χ0) is 12.3. The molecule has 88 valence electrons. The van der Waals surface area contributed by atoms with Gasteiger partial charge in [0, 0.05) is 26.6 Å². The average molecular weight is 285 g/mol. The summed E-state index contributed by atoms with van der Waals surface area (Å²) >= 11 is 5.06. The molecule has 0 saturated heterocycles. The lowest BCUT2D eigenvalue weighted by atomic mass is 10.3. The molecule has 0 fully saturated rings. The number of para-hydroxylation sites is 1. The number of rotatable bonds is 3. The standard InChI is InChI=1S/C10H8N2O2S3/c1-16-17-8(11-12-10(17)15)9(13)14-7-5-3-2-4-6-7/h2-6H,1H3/p+1. The van der Waals surface area contributed by atoms with E-state index in [1.165, 1.54) is 10.8 Å². The van der Waals surface area contributed by atoms with Gasteiger partial charge in [-0.1, -0.05) is 18.2 Å². The fourth-order valence-electron chi connectivity index (χ4n) is 1.18. The van der Waals surface area contributed by atoms with Gasteiger partial charge in [-0.15, -0.1) is 5.10 Å². The highest BCUT2D eigenvalue weighted by atomic mass is 33.1. The average Bonchev–Trinajstić information content (AvgIpc) is 2.71. The Labute approximate surface area is 109 Å². The fourth-order valence-corrected chi connectivity index (χ4v) is 4.37. The molecule has 1 aromatic carbocycles. The van der Waals surface area contributed by atoms with Crippen LogP contribution in [0.3, 0.4) is 0 Å². The first-order valence-corrected chi connectivity index (χ1v) is 8.03. The molecule has 0 radical (unpaired) electrons. The van der Waals surface area contributed by atoms with Gasteiger partial charge in [-0.25, -0.2) is 9.89 Å². The Morgan fingerprint density at radius 3 is 2.82 bits per heavy atom. The molecule has 0 aliphatic heterocycles. The smallest absolute Gasteiger partial charge is 0.396 e. The lowest BCUT2D eigenvalue weighted by Gasteiger charge is -1.99. The van der Waals surface area contributed by atoms with Crippen molar-refractivity contribution < 1.29 is 9.53 Å². The maximum Gasteiger partial charge on any atom is 0.396 e. The number of nitrogens with zero attached hydrogens (tertiary/aromatic N) is 1. The van der Waals surface area contributed by atoms with E-state index in [2.05, 4.69) is 10.2 Å². The molecule has 2 rings (SSSR count).